The molecule has 9 heteroatoms. The van der Waals surface area contributed by atoms with Crippen molar-refractivity contribution in [2.24, 2.45) is 0 Å². The maximum atomic E-state index is 12.3. The number of pyridine rings is 1. The molecule has 0 atom stereocenters. The average molecular weight is 255 g/mol. The van der Waals surface area contributed by atoms with E-state index in [1.165, 1.54) is 0 Å². The summed E-state index contributed by atoms with van der Waals surface area (Å²) in [5.74, 6) is -2.88. The molecular weight excluding hydrogens is 250 g/mol. The van der Waals surface area contributed by atoms with Gasteiger partial charge in [0.15, 0.2) is 5.43 Å². The summed E-state index contributed by atoms with van der Waals surface area (Å²) in [5.41, 5.74) is -2.94. The maximum Gasteiger partial charge on any atom is 0.574 e. The van der Waals surface area contributed by atoms with E-state index in [0.29, 0.717) is 6.07 Å². The Kier molecular flexibility index (Phi) is 3.39. The molecular formula is C8H5F4NO4. The molecule has 1 heterocycles. The van der Waals surface area contributed by atoms with Crippen molar-refractivity contribution < 1.29 is 32.2 Å². The number of aromatic carboxylic acids is 1. The maximum absolute atomic E-state index is 12.3. The number of hydrogen-bond acceptors (Lipinski definition) is 3. The number of carbonyl (C=O) groups is 1. The van der Waals surface area contributed by atoms with Gasteiger partial charge in [-0.05, 0) is 0 Å². The van der Waals surface area contributed by atoms with Gasteiger partial charge < -0.3 is 14.8 Å². The summed E-state index contributed by atoms with van der Waals surface area (Å²) in [5, 5.41) is 8.57. The molecule has 0 unspecified atom stereocenters. The highest BCUT2D eigenvalue weighted by Crippen LogP contribution is 2.20. The normalized spacial score (nSPS) is 11.3. The second kappa shape index (κ2) is 4.44. The van der Waals surface area contributed by atoms with Crippen LogP contribution in [0.1, 0.15) is 16.1 Å². The van der Waals surface area contributed by atoms with Crippen LogP contribution in [0.2, 0.25) is 0 Å². The number of alkyl halides is 4. The van der Waals surface area contributed by atoms with Gasteiger partial charge in [0.05, 0.1) is 5.56 Å². The Morgan fingerprint density at radius 3 is 2.47 bits per heavy atom. The van der Waals surface area contributed by atoms with Gasteiger partial charge in [-0.3, -0.25) is 4.79 Å². The highest BCUT2D eigenvalue weighted by Gasteiger charge is 2.32. The zero-order valence-corrected chi connectivity index (χ0v) is 7.97. The van der Waals surface area contributed by atoms with E-state index in [0.717, 1.165) is 0 Å². The quantitative estimate of drug-likeness (QED) is 0.801. The van der Waals surface area contributed by atoms with Crippen molar-refractivity contribution in [1.29, 1.82) is 0 Å². The molecule has 0 fully saturated rings. The van der Waals surface area contributed by atoms with Crippen molar-refractivity contribution >= 4 is 5.97 Å². The number of carboxylic acids is 1. The summed E-state index contributed by atoms with van der Waals surface area (Å²) >= 11 is 0. The predicted octanol–water partition coefficient (Wildman–Crippen LogP) is 1.44. The number of H-pyrrole nitrogens is 1. The Hall–Kier alpha value is -2.06. The molecule has 1 rings (SSSR count). The Balaban J connectivity index is 3.30. The molecule has 17 heavy (non-hydrogen) atoms. The third-order valence-corrected chi connectivity index (χ3v) is 1.68. The van der Waals surface area contributed by atoms with Crippen molar-refractivity contribution in [3.63, 3.8) is 0 Å². The predicted molar refractivity (Wildman–Crippen MR) is 45.5 cm³/mol. The molecule has 1 aromatic rings. The molecule has 0 aromatic carbocycles. The van der Waals surface area contributed by atoms with Crippen LogP contribution < -0.4 is 10.2 Å². The first-order valence-electron chi connectivity index (χ1n) is 4.06. The number of aromatic amines is 1. The first-order valence-corrected chi connectivity index (χ1v) is 4.06. The summed E-state index contributed by atoms with van der Waals surface area (Å²) in [4.78, 5) is 23.4. The van der Waals surface area contributed by atoms with Gasteiger partial charge in [-0.25, -0.2) is 9.18 Å². The summed E-state index contributed by atoms with van der Waals surface area (Å²) in [6.45, 7) is -1.41. The number of aromatic nitrogens is 1. The summed E-state index contributed by atoms with van der Waals surface area (Å²) in [7, 11) is 0. The van der Waals surface area contributed by atoms with Gasteiger partial charge in [0.1, 0.15) is 12.4 Å². The van der Waals surface area contributed by atoms with E-state index in [9.17, 15) is 27.2 Å². The molecule has 0 radical (unpaired) electrons. The van der Waals surface area contributed by atoms with Crippen LogP contribution in [0, 0.1) is 0 Å². The van der Waals surface area contributed by atoms with Gasteiger partial charge in [-0.15, -0.1) is 13.2 Å². The number of rotatable bonds is 3. The van der Waals surface area contributed by atoms with Crippen LogP contribution in [-0.4, -0.2) is 22.4 Å². The SMILES string of the molecule is O=C(O)c1[nH]c(OC(F)(F)F)cc(=O)c1CF. The van der Waals surface area contributed by atoms with Crippen LogP contribution in [0.3, 0.4) is 0 Å². The fraction of sp³-hybridized carbons (Fsp3) is 0.250. The highest BCUT2D eigenvalue weighted by atomic mass is 19.4. The molecule has 94 valence electrons. The van der Waals surface area contributed by atoms with E-state index in [1.54, 1.807) is 4.98 Å². The van der Waals surface area contributed by atoms with E-state index in [2.05, 4.69) is 4.74 Å². The van der Waals surface area contributed by atoms with Crippen LogP contribution >= 0.6 is 0 Å². The van der Waals surface area contributed by atoms with Gasteiger partial charge in [0.2, 0.25) is 5.88 Å². The second-order valence-electron chi connectivity index (χ2n) is 2.84. The summed E-state index contributed by atoms with van der Waals surface area (Å²) in [6.07, 6.45) is -5.09. The van der Waals surface area contributed by atoms with Crippen LogP contribution in [0.25, 0.3) is 0 Å². The number of hydrogen-bond donors (Lipinski definition) is 2. The number of carboxylic acid groups (broad SMARTS) is 1. The lowest BCUT2D eigenvalue weighted by Gasteiger charge is -2.10. The summed E-state index contributed by atoms with van der Waals surface area (Å²) in [6, 6.07) is 0.328. The molecule has 0 spiro atoms. The van der Waals surface area contributed by atoms with E-state index < -0.39 is 41.6 Å². The lowest BCUT2D eigenvalue weighted by molar-refractivity contribution is -0.276. The third-order valence-electron chi connectivity index (χ3n) is 1.68. The average Bonchev–Trinajstić information content (AvgIpc) is 2.13. The Morgan fingerprint density at radius 1 is 1.47 bits per heavy atom. The first-order chi connectivity index (χ1) is 7.74. The molecule has 0 aliphatic heterocycles. The monoisotopic (exact) mass is 255 g/mol. The lowest BCUT2D eigenvalue weighted by atomic mass is 10.2. The topological polar surface area (TPSA) is 79.4 Å². The van der Waals surface area contributed by atoms with E-state index in [4.69, 9.17) is 5.11 Å². The number of ether oxygens (including phenoxy) is 1. The van der Waals surface area contributed by atoms with Crippen LogP contribution in [0.5, 0.6) is 5.88 Å². The smallest absolute Gasteiger partial charge is 0.477 e. The minimum absolute atomic E-state index is 0.328. The van der Waals surface area contributed by atoms with Crippen molar-refractivity contribution in [2.75, 3.05) is 0 Å². The molecule has 0 amide bonds. The zero-order chi connectivity index (χ0) is 13.2. The van der Waals surface area contributed by atoms with E-state index in [1.807, 2.05) is 0 Å². The van der Waals surface area contributed by atoms with Crippen LogP contribution in [0.4, 0.5) is 17.6 Å². The number of halogens is 4. The summed E-state index contributed by atoms with van der Waals surface area (Å²) < 4.78 is 51.1. The number of nitrogens with one attached hydrogen (secondary N) is 1. The Morgan fingerprint density at radius 2 is 2.06 bits per heavy atom. The Labute approximate surface area is 90.6 Å². The molecule has 0 saturated carbocycles. The van der Waals surface area contributed by atoms with E-state index in [-0.39, 0.29) is 0 Å². The van der Waals surface area contributed by atoms with Crippen molar-refractivity contribution in [3.8, 4) is 5.88 Å². The largest absolute Gasteiger partial charge is 0.574 e. The molecule has 0 bridgehead atoms. The van der Waals surface area contributed by atoms with Crippen molar-refractivity contribution in [2.45, 2.75) is 13.0 Å². The van der Waals surface area contributed by atoms with Gasteiger partial charge >= 0.3 is 12.3 Å². The van der Waals surface area contributed by atoms with E-state index >= 15 is 0 Å². The van der Waals surface area contributed by atoms with Crippen molar-refractivity contribution in [1.82, 2.24) is 4.98 Å². The van der Waals surface area contributed by atoms with Crippen molar-refractivity contribution in [3.05, 3.63) is 27.5 Å². The van der Waals surface area contributed by atoms with Gasteiger partial charge in [-0.1, -0.05) is 0 Å². The first kappa shape index (κ1) is 13.0. The molecule has 0 saturated heterocycles. The molecule has 2 N–H and O–H groups in total. The fourth-order valence-corrected chi connectivity index (χ4v) is 1.06. The zero-order valence-electron chi connectivity index (χ0n) is 7.97. The van der Waals surface area contributed by atoms with Gasteiger partial charge in [-0.2, -0.15) is 0 Å². The standard InChI is InChI=1S/C8H5F4NO4/c9-2-3-4(14)1-5(17-8(10,11)12)13-6(3)7(15)16/h1H,2H2,(H,13,14)(H,15,16). The minimum Gasteiger partial charge on any atom is -0.477 e. The third kappa shape index (κ3) is 3.20. The van der Waals surface area contributed by atoms with Gasteiger partial charge in [0.25, 0.3) is 0 Å². The fourth-order valence-electron chi connectivity index (χ4n) is 1.06. The lowest BCUT2D eigenvalue weighted by Crippen LogP contribution is -2.22. The Bertz CT molecular complexity index is 493. The molecule has 1 aromatic heterocycles. The molecule has 0 aliphatic rings. The minimum atomic E-state index is -5.09. The highest BCUT2D eigenvalue weighted by molar-refractivity contribution is 5.87. The van der Waals surface area contributed by atoms with Gasteiger partial charge in [0, 0.05) is 6.07 Å². The molecule has 0 aliphatic carbocycles. The van der Waals surface area contributed by atoms with Crippen LogP contribution in [-0.2, 0) is 6.67 Å². The van der Waals surface area contributed by atoms with Crippen LogP contribution in [0.15, 0.2) is 10.9 Å². The molecule has 5 nitrogen and oxygen atoms in total. The second-order valence-corrected chi connectivity index (χ2v) is 2.84.